The molecule has 0 aliphatic rings. The lowest BCUT2D eigenvalue weighted by Crippen LogP contribution is -2.44. The van der Waals surface area contributed by atoms with Gasteiger partial charge in [0, 0.05) is 17.6 Å². The van der Waals surface area contributed by atoms with Gasteiger partial charge in [-0.05, 0) is 72.0 Å². The van der Waals surface area contributed by atoms with Crippen LogP contribution in [0.1, 0.15) is 37.2 Å². The van der Waals surface area contributed by atoms with E-state index in [4.69, 9.17) is 4.74 Å². The maximum absolute atomic E-state index is 12.9. The number of carbonyl (C=O) groups excluding carboxylic acids is 2. The summed E-state index contributed by atoms with van der Waals surface area (Å²) in [5.41, 5.74) is 0.856. The van der Waals surface area contributed by atoms with E-state index in [-0.39, 0.29) is 11.6 Å². The number of aromatic nitrogens is 2. The van der Waals surface area contributed by atoms with E-state index in [9.17, 15) is 9.59 Å². The molecule has 2 N–H and O–H groups in total. The van der Waals surface area contributed by atoms with E-state index in [0.29, 0.717) is 28.3 Å². The first kappa shape index (κ1) is 25.5. The van der Waals surface area contributed by atoms with Crippen LogP contribution in [0, 0.1) is 0 Å². The van der Waals surface area contributed by atoms with Crippen LogP contribution < -0.4 is 15.4 Å². The van der Waals surface area contributed by atoms with Crippen LogP contribution in [0.15, 0.2) is 40.1 Å². The molecule has 7 nitrogen and oxygen atoms in total. The van der Waals surface area contributed by atoms with Crippen molar-refractivity contribution in [3.05, 3.63) is 40.6 Å². The van der Waals surface area contributed by atoms with Crippen molar-refractivity contribution in [2.75, 3.05) is 29.7 Å². The zero-order valence-electron chi connectivity index (χ0n) is 17.8. The average molecular weight is 528 g/mol. The van der Waals surface area contributed by atoms with E-state index >= 15 is 0 Å². The van der Waals surface area contributed by atoms with Crippen LogP contribution in [-0.2, 0) is 4.79 Å². The second kappa shape index (κ2) is 13.6. The Morgan fingerprint density at radius 2 is 1.94 bits per heavy atom. The third kappa shape index (κ3) is 8.34. The zero-order valence-corrected chi connectivity index (χ0v) is 21.0. The Hall–Kier alpha value is -1.78. The van der Waals surface area contributed by atoms with Gasteiger partial charge in [0.2, 0.25) is 5.91 Å². The summed E-state index contributed by atoms with van der Waals surface area (Å²) in [5.74, 6) is 1.63. The Labute approximate surface area is 200 Å². The molecule has 2 amide bonds. The number of anilines is 1. The molecule has 0 bridgehead atoms. The number of benzene rings is 1. The molecular weight excluding hydrogens is 500 g/mol. The van der Waals surface area contributed by atoms with Gasteiger partial charge in [-0.15, -0.1) is 0 Å². The van der Waals surface area contributed by atoms with Crippen LogP contribution in [0.2, 0.25) is 0 Å². The summed E-state index contributed by atoms with van der Waals surface area (Å²) >= 11 is 6.44. The fraction of sp³-hybridized carbons (Fsp3) is 0.429. The van der Waals surface area contributed by atoms with Crippen molar-refractivity contribution < 1.29 is 14.3 Å². The van der Waals surface area contributed by atoms with Crippen LogP contribution in [0.25, 0.3) is 0 Å². The Morgan fingerprint density at radius 3 is 2.58 bits per heavy atom. The monoisotopic (exact) mass is 526 g/mol. The predicted molar refractivity (Wildman–Crippen MR) is 131 cm³/mol. The second-order valence-corrected chi connectivity index (χ2v) is 9.35. The summed E-state index contributed by atoms with van der Waals surface area (Å²) in [6.07, 6.45) is 5.00. The minimum absolute atomic E-state index is 0.219. The SMILES string of the molecule is CCCSc1ncc(Br)c(C(=O)N[C@H](CCSC)C(=O)Nc2ccc(OCC)cc2)n1. The maximum atomic E-state index is 12.9. The van der Waals surface area contributed by atoms with Crippen molar-refractivity contribution in [1.82, 2.24) is 15.3 Å². The fourth-order valence-electron chi connectivity index (χ4n) is 2.53. The number of hydrogen-bond donors (Lipinski definition) is 2. The van der Waals surface area contributed by atoms with Crippen molar-refractivity contribution in [3.63, 3.8) is 0 Å². The normalized spacial score (nSPS) is 11.6. The highest BCUT2D eigenvalue weighted by atomic mass is 79.9. The van der Waals surface area contributed by atoms with E-state index in [2.05, 4.69) is 43.5 Å². The summed E-state index contributed by atoms with van der Waals surface area (Å²) in [6.45, 7) is 4.56. The lowest BCUT2D eigenvalue weighted by atomic mass is 10.2. The molecule has 1 aromatic carbocycles. The Bertz CT molecular complexity index is 868. The molecule has 0 spiro atoms. The molecule has 0 radical (unpaired) electrons. The number of nitrogens with one attached hydrogen (secondary N) is 2. The van der Waals surface area contributed by atoms with Gasteiger partial charge in [-0.2, -0.15) is 11.8 Å². The first-order chi connectivity index (χ1) is 15.0. The first-order valence-corrected chi connectivity index (χ1v) is 13.1. The molecule has 0 saturated carbocycles. The van der Waals surface area contributed by atoms with Crippen molar-refractivity contribution in [3.8, 4) is 5.75 Å². The minimum Gasteiger partial charge on any atom is -0.494 e. The molecule has 168 valence electrons. The largest absolute Gasteiger partial charge is 0.494 e. The molecule has 31 heavy (non-hydrogen) atoms. The number of amides is 2. The van der Waals surface area contributed by atoms with Gasteiger partial charge in [0.1, 0.15) is 17.5 Å². The highest BCUT2D eigenvalue weighted by Crippen LogP contribution is 2.20. The smallest absolute Gasteiger partial charge is 0.271 e. The summed E-state index contributed by atoms with van der Waals surface area (Å²) < 4.78 is 5.91. The third-order valence-electron chi connectivity index (χ3n) is 4.04. The fourth-order valence-corrected chi connectivity index (χ4v) is 4.05. The summed E-state index contributed by atoms with van der Waals surface area (Å²) in [5, 5.41) is 6.23. The molecule has 10 heteroatoms. The Balaban J connectivity index is 2.10. The number of carbonyl (C=O) groups is 2. The highest BCUT2D eigenvalue weighted by molar-refractivity contribution is 9.10. The number of ether oxygens (including phenoxy) is 1. The van der Waals surface area contributed by atoms with Gasteiger partial charge in [-0.25, -0.2) is 9.97 Å². The van der Waals surface area contributed by atoms with E-state index < -0.39 is 11.9 Å². The first-order valence-electron chi connectivity index (χ1n) is 9.97. The van der Waals surface area contributed by atoms with Crippen LogP contribution in [0.5, 0.6) is 5.75 Å². The third-order valence-corrected chi connectivity index (χ3v) is 6.33. The van der Waals surface area contributed by atoms with E-state index in [1.54, 1.807) is 42.2 Å². The molecule has 2 rings (SSSR count). The molecule has 0 aliphatic carbocycles. The topological polar surface area (TPSA) is 93.2 Å². The molecule has 0 unspecified atom stereocenters. The average Bonchev–Trinajstić information content (AvgIpc) is 2.77. The van der Waals surface area contributed by atoms with Crippen LogP contribution in [-0.4, -0.2) is 52.2 Å². The molecule has 2 aromatic rings. The minimum atomic E-state index is -0.694. The lowest BCUT2D eigenvalue weighted by Gasteiger charge is -2.18. The van der Waals surface area contributed by atoms with E-state index in [1.807, 2.05) is 13.2 Å². The van der Waals surface area contributed by atoms with Crippen molar-refractivity contribution in [2.24, 2.45) is 0 Å². The van der Waals surface area contributed by atoms with Gasteiger partial charge in [0.15, 0.2) is 5.16 Å². The molecule has 0 aliphatic heterocycles. The Kier molecular flexibility index (Phi) is 11.2. The number of rotatable bonds is 12. The van der Waals surface area contributed by atoms with Crippen LogP contribution in [0.3, 0.4) is 0 Å². The van der Waals surface area contributed by atoms with Crippen molar-refractivity contribution >= 4 is 57.0 Å². The quantitative estimate of drug-likeness (QED) is 0.307. The van der Waals surface area contributed by atoms with Gasteiger partial charge >= 0.3 is 0 Å². The van der Waals surface area contributed by atoms with Crippen molar-refractivity contribution in [2.45, 2.75) is 37.9 Å². The number of nitrogens with zero attached hydrogens (tertiary/aromatic N) is 2. The number of thioether (sulfide) groups is 2. The molecule has 1 atom stereocenters. The van der Waals surface area contributed by atoms with Crippen molar-refractivity contribution in [1.29, 1.82) is 0 Å². The van der Waals surface area contributed by atoms with Gasteiger partial charge in [-0.3, -0.25) is 9.59 Å². The van der Waals surface area contributed by atoms with Crippen LogP contribution >= 0.6 is 39.5 Å². The maximum Gasteiger partial charge on any atom is 0.271 e. The van der Waals surface area contributed by atoms with Crippen LogP contribution in [0.4, 0.5) is 5.69 Å². The highest BCUT2D eigenvalue weighted by Gasteiger charge is 2.23. The van der Waals surface area contributed by atoms with Gasteiger partial charge in [0.25, 0.3) is 5.91 Å². The zero-order chi connectivity index (χ0) is 22.6. The second-order valence-electron chi connectivity index (χ2n) is 6.45. The summed E-state index contributed by atoms with van der Waals surface area (Å²) in [4.78, 5) is 34.4. The van der Waals surface area contributed by atoms with Gasteiger partial charge in [0.05, 0.1) is 11.1 Å². The standard InChI is InChI=1S/C21H27BrN4O3S2/c1-4-11-31-21-23-13-16(22)18(26-21)20(28)25-17(10-12-30-3)19(27)24-14-6-8-15(9-7-14)29-5-2/h6-9,13,17H,4-5,10-12H2,1-3H3,(H,24,27)(H,25,28)/t17-/m1/s1. The molecule has 1 aromatic heterocycles. The Morgan fingerprint density at radius 1 is 1.19 bits per heavy atom. The van der Waals surface area contributed by atoms with Gasteiger partial charge in [-0.1, -0.05) is 18.7 Å². The lowest BCUT2D eigenvalue weighted by molar-refractivity contribution is -0.118. The predicted octanol–water partition coefficient (Wildman–Crippen LogP) is 4.63. The summed E-state index contributed by atoms with van der Waals surface area (Å²) in [7, 11) is 0. The molecule has 0 saturated heterocycles. The van der Waals surface area contributed by atoms with E-state index in [1.165, 1.54) is 11.8 Å². The van der Waals surface area contributed by atoms with Gasteiger partial charge < -0.3 is 15.4 Å². The molecule has 0 fully saturated rings. The van der Waals surface area contributed by atoms with E-state index in [0.717, 1.165) is 23.7 Å². The summed E-state index contributed by atoms with van der Waals surface area (Å²) in [6, 6.07) is 6.44. The molecule has 1 heterocycles. The number of halogens is 1. The number of hydrogen-bond acceptors (Lipinski definition) is 7. The molecular formula is C21H27BrN4O3S2.